The summed E-state index contributed by atoms with van der Waals surface area (Å²) in [6.45, 7) is 0. The van der Waals surface area contributed by atoms with Gasteiger partial charge in [0.15, 0.2) is 0 Å². The molecule has 0 fully saturated rings. The smallest absolute Gasteiger partial charge is 0.360 e. The number of nitro groups is 1. The summed E-state index contributed by atoms with van der Waals surface area (Å²) in [7, 11) is 0. The van der Waals surface area contributed by atoms with Crippen LogP contribution in [-0.2, 0) is 6.18 Å². The molecule has 0 saturated carbocycles. The Labute approximate surface area is 166 Å². The molecule has 0 bridgehead atoms. The summed E-state index contributed by atoms with van der Waals surface area (Å²) >= 11 is 1.13. The molecule has 0 radical (unpaired) electrons. The molecule has 2 aromatic carbocycles. The first kappa shape index (κ1) is 20.0. The minimum atomic E-state index is -4.53. The zero-order valence-electron chi connectivity index (χ0n) is 14.5. The van der Waals surface area contributed by atoms with E-state index >= 15 is 0 Å². The molecule has 0 aliphatic carbocycles. The van der Waals surface area contributed by atoms with Crippen molar-refractivity contribution in [2.24, 2.45) is 0 Å². The van der Waals surface area contributed by atoms with Crippen LogP contribution in [0, 0.1) is 21.4 Å². The standard InChI is InChI=1S/C19H11F3N4O2S/c20-19(21,22)15-3-1-2-4-16(15)24-10-13(9-23)18-25-17(11-29-18)12-5-7-14(8-6-12)26(27)28/h1-8,10-11,24H/b13-10-. The van der Waals surface area contributed by atoms with Gasteiger partial charge in [-0.3, -0.25) is 10.1 Å². The quantitative estimate of drug-likeness (QED) is 0.327. The molecule has 6 nitrogen and oxygen atoms in total. The van der Waals surface area contributed by atoms with E-state index in [9.17, 15) is 28.5 Å². The first-order valence-corrected chi connectivity index (χ1v) is 8.91. The molecule has 0 atom stereocenters. The van der Waals surface area contributed by atoms with Crippen molar-refractivity contribution < 1.29 is 18.1 Å². The molecule has 0 aliphatic rings. The lowest BCUT2D eigenvalue weighted by Gasteiger charge is -2.12. The summed E-state index contributed by atoms with van der Waals surface area (Å²) in [5.41, 5.74) is 0.0798. The third-order valence-electron chi connectivity index (χ3n) is 3.83. The van der Waals surface area contributed by atoms with Crippen LogP contribution in [0.15, 0.2) is 60.1 Å². The van der Waals surface area contributed by atoms with Crippen LogP contribution in [-0.4, -0.2) is 9.91 Å². The number of alkyl halides is 3. The zero-order valence-corrected chi connectivity index (χ0v) is 15.3. The number of nitro benzene ring substituents is 1. The number of nitrogens with one attached hydrogen (secondary N) is 1. The van der Waals surface area contributed by atoms with Crippen molar-refractivity contribution in [1.29, 1.82) is 5.26 Å². The van der Waals surface area contributed by atoms with E-state index < -0.39 is 16.7 Å². The minimum absolute atomic E-state index is 0.0557. The van der Waals surface area contributed by atoms with Crippen molar-refractivity contribution in [3.63, 3.8) is 0 Å². The van der Waals surface area contributed by atoms with Crippen LogP contribution in [0.1, 0.15) is 10.6 Å². The largest absolute Gasteiger partial charge is 0.418 e. The second-order valence-corrected chi connectivity index (χ2v) is 6.56. The summed E-state index contributed by atoms with van der Waals surface area (Å²) in [5.74, 6) is 0. The fourth-order valence-corrected chi connectivity index (χ4v) is 3.23. The molecule has 29 heavy (non-hydrogen) atoms. The predicted octanol–water partition coefficient (Wildman–Crippen LogP) is 5.71. The van der Waals surface area contributed by atoms with Crippen LogP contribution in [0.5, 0.6) is 0 Å². The molecule has 1 N–H and O–H groups in total. The summed E-state index contributed by atoms with van der Waals surface area (Å²) < 4.78 is 39.2. The number of nitrogens with zero attached hydrogens (tertiary/aromatic N) is 3. The van der Waals surface area contributed by atoms with Crippen LogP contribution in [0.4, 0.5) is 24.5 Å². The Morgan fingerprint density at radius 2 is 1.90 bits per heavy atom. The Hall–Kier alpha value is -3.71. The fourth-order valence-electron chi connectivity index (χ4n) is 2.43. The Morgan fingerprint density at radius 1 is 1.21 bits per heavy atom. The molecular weight excluding hydrogens is 405 g/mol. The number of thiazole rings is 1. The second-order valence-electron chi connectivity index (χ2n) is 5.70. The first-order chi connectivity index (χ1) is 13.8. The average molecular weight is 416 g/mol. The fraction of sp³-hybridized carbons (Fsp3) is 0.0526. The number of non-ortho nitro benzene ring substituents is 1. The van der Waals surface area contributed by atoms with Gasteiger partial charge in [-0.25, -0.2) is 4.98 Å². The third kappa shape index (κ3) is 4.59. The number of benzene rings is 2. The number of rotatable bonds is 5. The van der Waals surface area contributed by atoms with Gasteiger partial charge < -0.3 is 5.32 Å². The summed E-state index contributed by atoms with van der Waals surface area (Å²) in [4.78, 5) is 14.5. The zero-order chi connectivity index (χ0) is 21.0. The summed E-state index contributed by atoms with van der Waals surface area (Å²) in [6.07, 6.45) is -3.36. The molecule has 146 valence electrons. The molecule has 0 saturated heterocycles. The number of halogens is 3. The normalized spacial score (nSPS) is 11.7. The summed E-state index contributed by atoms with van der Waals surface area (Å²) in [5, 5.41) is 24.6. The molecule has 1 heterocycles. The van der Waals surface area contributed by atoms with Gasteiger partial charge >= 0.3 is 6.18 Å². The van der Waals surface area contributed by atoms with Crippen molar-refractivity contribution >= 4 is 28.3 Å². The van der Waals surface area contributed by atoms with Crippen LogP contribution in [0.25, 0.3) is 16.8 Å². The minimum Gasteiger partial charge on any atom is -0.360 e. The van der Waals surface area contributed by atoms with Crippen molar-refractivity contribution in [2.45, 2.75) is 6.18 Å². The number of nitriles is 1. The Kier molecular flexibility index (Phi) is 5.61. The van der Waals surface area contributed by atoms with Gasteiger partial charge in [0.1, 0.15) is 16.6 Å². The van der Waals surface area contributed by atoms with Crippen molar-refractivity contribution in [2.75, 3.05) is 5.32 Å². The number of hydrogen-bond acceptors (Lipinski definition) is 6. The SMILES string of the molecule is N#C/C(=C/Nc1ccccc1C(F)(F)F)c1nc(-c2ccc([N+](=O)[O-])cc2)cs1. The Balaban J connectivity index is 1.85. The maximum Gasteiger partial charge on any atom is 0.418 e. The van der Waals surface area contributed by atoms with Crippen LogP contribution in [0.2, 0.25) is 0 Å². The van der Waals surface area contributed by atoms with E-state index in [1.54, 1.807) is 5.38 Å². The summed E-state index contributed by atoms with van der Waals surface area (Å²) in [6, 6.07) is 12.6. The van der Waals surface area contributed by atoms with Crippen LogP contribution >= 0.6 is 11.3 Å². The molecule has 0 spiro atoms. The topological polar surface area (TPSA) is 91.8 Å². The van der Waals surface area contributed by atoms with Crippen LogP contribution < -0.4 is 5.32 Å². The van der Waals surface area contributed by atoms with E-state index in [1.165, 1.54) is 48.7 Å². The van der Waals surface area contributed by atoms with Crippen molar-refractivity contribution in [3.8, 4) is 17.3 Å². The molecule has 3 aromatic rings. The maximum atomic E-state index is 13.1. The Bertz CT molecular complexity index is 1120. The molecule has 3 rings (SSSR count). The third-order valence-corrected chi connectivity index (χ3v) is 4.71. The van der Waals surface area contributed by atoms with E-state index in [0.717, 1.165) is 17.4 Å². The van der Waals surface area contributed by atoms with Gasteiger partial charge in [0.2, 0.25) is 0 Å². The number of aromatic nitrogens is 1. The van der Waals surface area contributed by atoms with E-state index in [-0.39, 0.29) is 16.9 Å². The molecule has 0 amide bonds. The van der Waals surface area contributed by atoms with Gasteiger partial charge in [0.25, 0.3) is 5.69 Å². The molecule has 1 aromatic heterocycles. The Morgan fingerprint density at radius 3 is 2.52 bits per heavy atom. The van der Waals surface area contributed by atoms with Gasteiger partial charge in [-0.1, -0.05) is 12.1 Å². The maximum absolute atomic E-state index is 13.1. The van der Waals surface area contributed by atoms with E-state index in [0.29, 0.717) is 16.3 Å². The van der Waals surface area contributed by atoms with E-state index in [4.69, 9.17) is 0 Å². The highest BCUT2D eigenvalue weighted by Gasteiger charge is 2.33. The number of anilines is 1. The van der Waals surface area contributed by atoms with Crippen molar-refractivity contribution in [3.05, 3.63) is 80.8 Å². The highest BCUT2D eigenvalue weighted by molar-refractivity contribution is 7.11. The first-order valence-electron chi connectivity index (χ1n) is 8.03. The number of para-hydroxylation sites is 1. The van der Waals surface area contributed by atoms with Gasteiger partial charge in [0, 0.05) is 29.3 Å². The lowest BCUT2D eigenvalue weighted by atomic mass is 10.1. The van der Waals surface area contributed by atoms with Gasteiger partial charge in [0.05, 0.1) is 21.9 Å². The van der Waals surface area contributed by atoms with Gasteiger partial charge in [-0.05, 0) is 24.3 Å². The molecular formula is C19H11F3N4O2S. The molecule has 0 aliphatic heterocycles. The average Bonchev–Trinajstić information content (AvgIpc) is 3.18. The van der Waals surface area contributed by atoms with Crippen molar-refractivity contribution in [1.82, 2.24) is 4.98 Å². The highest BCUT2D eigenvalue weighted by Crippen LogP contribution is 2.35. The monoisotopic (exact) mass is 416 g/mol. The predicted molar refractivity (Wildman–Crippen MR) is 103 cm³/mol. The lowest BCUT2D eigenvalue weighted by Crippen LogP contribution is -2.08. The highest BCUT2D eigenvalue weighted by atomic mass is 32.1. The molecule has 10 heteroatoms. The van der Waals surface area contributed by atoms with Gasteiger partial charge in [-0.15, -0.1) is 11.3 Å². The van der Waals surface area contributed by atoms with Gasteiger partial charge in [-0.2, -0.15) is 18.4 Å². The molecule has 0 unspecified atom stereocenters. The second kappa shape index (κ2) is 8.12. The van der Waals surface area contributed by atoms with E-state index in [2.05, 4.69) is 10.3 Å². The number of hydrogen-bond donors (Lipinski definition) is 1. The van der Waals surface area contributed by atoms with E-state index in [1.807, 2.05) is 6.07 Å². The van der Waals surface area contributed by atoms with Crippen LogP contribution in [0.3, 0.4) is 0 Å². The lowest BCUT2D eigenvalue weighted by molar-refractivity contribution is -0.384. The number of allylic oxidation sites excluding steroid dienone is 1.